The molecule has 0 fully saturated rings. The summed E-state index contributed by atoms with van der Waals surface area (Å²) in [6.45, 7) is 0. The third-order valence-corrected chi connectivity index (χ3v) is 7.07. The summed E-state index contributed by atoms with van der Waals surface area (Å²) in [5.74, 6) is 0. The van der Waals surface area contributed by atoms with Crippen LogP contribution in [0.4, 0.5) is 11.4 Å². The number of anilines is 2. The number of furan rings is 1. The fraction of sp³-hybridized carbons (Fsp3) is 0. The molecule has 0 saturated carbocycles. The molecule has 0 bridgehead atoms. The first kappa shape index (κ1) is 22.1. The average Bonchev–Trinajstić information content (AvgIpc) is 3.37. The van der Waals surface area contributed by atoms with E-state index < -0.39 is 0 Å². The van der Waals surface area contributed by atoms with Crippen LogP contribution < -0.4 is 5.32 Å². The van der Waals surface area contributed by atoms with Crippen LogP contribution in [0.3, 0.4) is 0 Å². The summed E-state index contributed by atoms with van der Waals surface area (Å²) >= 11 is 0. The SMILES string of the molecule is c1ccc(-c2ccc(Nc3cccc4oc5ccc(-c6cccc(-c7ccccc7)c6)cc5c34)cc2)cc1. The van der Waals surface area contributed by atoms with Gasteiger partial charge in [0.05, 0.1) is 11.1 Å². The minimum atomic E-state index is 0.876. The number of rotatable bonds is 5. The van der Waals surface area contributed by atoms with Gasteiger partial charge in [-0.05, 0) is 75.8 Å². The van der Waals surface area contributed by atoms with Crippen molar-refractivity contribution in [1.82, 2.24) is 0 Å². The zero-order valence-corrected chi connectivity index (χ0v) is 20.8. The molecule has 2 nitrogen and oxygen atoms in total. The van der Waals surface area contributed by atoms with Crippen molar-refractivity contribution in [3.05, 3.63) is 146 Å². The van der Waals surface area contributed by atoms with Crippen LogP contribution in [0.2, 0.25) is 0 Å². The third-order valence-electron chi connectivity index (χ3n) is 7.07. The highest BCUT2D eigenvalue weighted by Gasteiger charge is 2.13. The first-order valence-corrected chi connectivity index (χ1v) is 12.9. The lowest BCUT2D eigenvalue weighted by molar-refractivity contribution is 0.669. The van der Waals surface area contributed by atoms with Gasteiger partial charge in [-0.2, -0.15) is 0 Å². The summed E-state index contributed by atoms with van der Waals surface area (Å²) in [7, 11) is 0. The van der Waals surface area contributed by atoms with E-state index in [4.69, 9.17) is 4.42 Å². The molecule has 0 aliphatic carbocycles. The molecular weight excluding hydrogens is 462 g/mol. The molecule has 38 heavy (non-hydrogen) atoms. The van der Waals surface area contributed by atoms with Crippen LogP contribution in [0.15, 0.2) is 150 Å². The van der Waals surface area contributed by atoms with Crippen LogP contribution >= 0.6 is 0 Å². The summed E-state index contributed by atoms with van der Waals surface area (Å²) in [6, 6.07) is 50.9. The largest absolute Gasteiger partial charge is 0.456 e. The van der Waals surface area contributed by atoms with E-state index in [1.807, 2.05) is 18.2 Å². The smallest absolute Gasteiger partial charge is 0.137 e. The summed E-state index contributed by atoms with van der Waals surface area (Å²) in [5.41, 5.74) is 11.0. The van der Waals surface area contributed by atoms with Crippen molar-refractivity contribution in [2.24, 2.45) is 0 Å². The highest BCUT2D eigenvalue weighted by atomic mass is 16.3. The Morgan fingerprint density at radius 1 is 0.395 bits per heavy atom. The van der Waals surface area contributed by atoms with Gasteiger partial charge in [-0.25, -0.2) is 0 Å². The minimum absolute atomic E-state index is 0.876. The first-order valence-electron chi connectivity index (χ1n) is 12.9. The fourth-order valence-electron chi connectivity index (χ4n) is 5.15. The van der Waals surface area contributed by atoms with E-state index in [-0.39, 0.29) is 0 Å². The van der Waals surface area contributed by atoms with Gasteiger partial charge < -0.3 is 9.73 Å². The molecule has 0 unspecified atom stereocenters. The number of fused-ring (bicyclic) bond motifs is 3. The van der Waals surface area contributed by atoms with Gasteiger partial charge in [-0.1, -0.05) is 103 Å². The minimum Gasteiger partial charge on any atom is -0.456 e. The molecule has 1 aromatic heterocycles. The second-order valence-corrected chi connectivity index (χ2v) is 9.51. The normalized spacial score (nSPS) is 11.2. The van der Waals surface area contributed by atoms with Crippen molar-refractivity contribution in [3.63, 3.8) is 0 Å². The van der Waals surface area contributed by atoms with E-state index in [9.17, 15) is 0 Å². The highest BCUT2D eigenvalue weighted by Crippen LogP contribution is 2.38. The highest BCUT2D eigenvalue weighted by molar-refractivity contribution is 6.13. The van der Waals surface area contributed by atoms with Gasteiger partial charge in [-0.15, -0.1) is 0 Å². The predicted molar refractivity (Wildman–Crippen MR) is 160 cm³/mol. The summed E-state index contributed by atoms with van der Waals surface area (Å²) in [6.07, 6.45) is 0. The number of nitrogens with one attached hydrogen (secondary N) is 1. The van der Waals surface area contributed by atoms with Gasteiger partial charge in [-0.3, -0.25) is 0 Å². The summed E-state index contributed by atoms with van der Waals surface area (Å²) in [4.78, 5) is 0. The second-order valence-electron chi connectivity index (χ2n) is 9.51. The van der Waals surface area contributed by atoms with Crippen molar-refractivity contribution >= 4 is 33.3 Å². The van der Waals surface area contributed by atoms with Gasteiger partial charge in [0.15, 0.2) is 0 Å². The van der Waals surface area contributed by atoms with E-state index in [1.165, 1.54) is 33.4 Å². The van der Waals surface area contributed by atoms with Crippen LogP contribution in [0.25, 0.3) is 55.3 Å². The molecular formula is C36H25NO. The van der Waals surface area contributed by atoms with Crippen molar-refractivity contribution in [3.8, 4) is 33.4 Å². The zero-order valence-electron chi connectivity index (χ0n) is 20.8. The van der Waals surface area contributed by atoms with Crippen LogP contribution in [0.1, 0.15) is 0 Å². The fourth-order valence-corrected chi connectivity index (χ4v) is 5.15. The van der Waals surface area contributed by atoms with Crippen molar-refractivity contribution in [2.75, 3.05) is 5.32 Å². The standard InChI is InChI=1S/C36H25NO/c1-3-9-25(10-4-1)27-17-20-31(21-18-27)37-33-15-8-16-35-36(33)32-24-30(19-22-34(32)38-35)29-14-7-13-28(23-29)26-11-5-2-6-12-26/h1-24,37H. The molecule has 180 valence electrons. The molecule has 0 radical (unpaired) electrons. The van der Waals surface area contributed by atoms with Crippen LogP contribution in [0.5, 0.6) is 0 Å². The molecule has 7 rings (SSSR count). The van der Waals surface area contributed by atoms with Crippen molar-refractivity contribution < 1.29 is 4.42 Å². The maximum atomic E-state index is 6.25. The van der Waals surface area contributed by atoms with E-state index in [0.717, 1.165) is 33.3 Å². The van der Waals surface area contributed by atoms with Crippen LogP contribution in [-0.4, -0.2) is 0 Å². The molecule has 0 saturated heterocycles. The number of benzene rings is 6. The Bertz CT molecular complexity index is 1870. The van der Waals surface area contributed by atoms with Crippen LogP contribution in [0, 0.1) is 0 Å². The van der Waals surface area contributed by atoms with E-state index >= 15 is 0 Å². The first-order chi connectivity index (χ1) is 18.8. The van der Waals surface area contributed by atoms with Gasteiger partial charge in [0.25, 0.3) is 0 Å². The molecule has 1 N–H and O–H groups in total. The van der Waals surface area contributed by atoms with Gasteiger partial charge in [0.2, 0.25) is 0 Å². The Labute approximate surface area is 221 Å². The van der Waals surface area contributed by atoms with Crippen molar-refractivity contribution in [1.29, 1.82) is 0 Å². The predicted octanol–water partition coefficient (Wildman–Crippen LogP) is 10.3. The Morgan fingerprint density at radius 2 is 0.947 bits per heavy atom. The molecule has 0 atom stereocenters. The lowest BCUT2D eigenvalue weighted by Gasteiger charge is -2.10. The molecule has 2 heteroatoms. The average molecular weight is 488 g/mol. The van der Waals surface area contributed by atoms with Gasteiger partial charge in [0.1, 0.15) is 11.2 Å². The second kappa shape index (κ2) is 9.42. The van der Waals surface area contributed by atoms with Crippen molar-refractivity contribution in [2.45, 2.75) is 0 Å². The maximum Gasteiger partial charge on any atom is 0.137 e. The Morgan fingerprint density at radius 3 is 1.68 bits per heavy atom. The maximum absolute atomic E-state index is 6.25. The molecule has 6 aromatic carbocycles. The summed E-state index contributed by atoms with van der Waals surface area (Å²) < 4.78 is 6.25. The number of hydrogen-bond acceptors (Lipinski definition) is 2. The van der Waals surface area contributed by atoms with E-state index in [2.05, 4.69) is 133 Å². The summed E-state index contributed by atoms with van der Waals surface area (Å²) in [5, 5.41) is 5.83. The third kappa shape index (κ3) is 4.12. The van der Waals surface area contributed by atoms with E-state index in [1.54, 1.807) is 0 Å². The molecule has 0 aliphatic heterocycles. The lowest BCUT2D eigenvalue weighted by Crippen LogP contribution is -1.91. The quantitative estimate of drug-likeness (QED) is 0.261. The zero-order chi connectivity index (χ0) is 25.3. The molecule has 7 aromatic rings. The van der Waals surface area contributed by atoms with E-state index in [0.29, 0.717) is 0 Å². The molecule has 0 aliphatic rings. The van der Waals surface area contributed by atoms with Gasteiger partial charge in [0, 0.05) is 11.1 Å². The Kier molecular flexibility index (Phi) is 5.49. The monoisotopic (exact) mass is 487 g/mol. The molecule has 0 amide bonds. The topological polar surface area (TPSA) is 25.2 Å². The Hall–Kier alpha value is -5.08. The molecule has 1 heterocycles. The Balaban J connectivity index is 1.27. The van der Waals surface area contributed by atoms with Gasteiger partial charge >= 0.3 is 0 Å². The molecule has 0 spiro atoms. The lowest BCUT2D eigenvalue weighted by atomic mass is 9.98. The van der Waals surface area contributed by atoms with Crippen LogP contribution in [-0.2, 0) is 0 Å². The number of hydrogen-bond donors (Lipinski definition) is 1.